The van der Waals surface area contributed by atoms with Crippen molar-refractivity contribution in [2.45, 2.75) is 31.5 Å². The lowest BCUT2D eigenvalue weighted by Crippen LogP contribution is -2.38. The van der Waals surface area contributed by atoms with Gasteiger partial charge in [-0.25, -0.2) is 0 Å². The van der Waals surface area contributed by atoms with Gasteiger partial charge in [0.2, 0.25) is 0 Å². The summed E-state index contributed by atoms with van der Waals surface area (Å²) in [6.07, 6.45) is 3.54. The molecule has 4 heteroatoms. The van der Waals surface area contributed by atoms with E-state index in [0.29, 0.717) is 19.3 Å². The van der Waals surface area contributed by atoms with Crippen LogP contribution in [0, 0.1) is 0 Å². The van der Waals surface area contributed by atoms with Crippen LogP contribution in [0.15, 0.2) is 0 Å². The summed E-state index contributed by atoms with van der Waals surface area (Å²) in [5.41, 5.74) is 0. The summed E-state index contributed by atoms with van der Waals surface area (Å²) in [7, 11) is 3.62. The van der Waals surface area contributed by atoms with Gasteiger partial charge in [-0.2, -0.15) is 0 Å². The second kappa shape index (κ2) is 7.17. The minimum absolute atomic E-state index is 0.346. The average molecular weight is 217 g/mol. The highest BCUT2D eigenvalue weighted by Crippen LogP contribution is 2.13. The number of rotatable bonds is 6. The molecule has 1 saturated heterocycles. The Morgan fingerprint density at radius 1 is 1.53 bits per heavy atom. The van der Waals surface area contributed by atoms with Crippen LogP contribution in [-0.4, -0.2) is 62.7 Å². The molecule has 1 aliphatic heterocycles. The third-order valence-corrected chi connectivity index (χ3v) is 2.67. The number of hydrogen-bond acceptors (Lipinski definition) is 4. The van der Waals surface area contributed by atoms with Crippen LogP contribution < -0.4 is 0 Å². The minimum atomic E-state index is -0.399. The first-order valence-corrected chi connectivity index (χ1v) is 5.69. The van der Waals surface area contributed by atoms with Gasteiger partial charge in [0.05, 0.1) is 18.8 Å². The van der Waals surface area contributed by atoms with E-state index in [9.17, 15) is 5.11 Å². The summed E-state index contributed by atoms with van der Waals surface area (Å²) in [5, 5.41) is 9.54. The summed E-state index contributed by atoms with van der Waals surface area (Å²) in [6.45, 7) is 2.84. The monoisotopic (exact) mass is 217 g/mol. The molecule has 15 heavy (non-hydrogen) atoms. The van der Waals surface area contributed by atoms with Crippen molar-refractivity contribution in [1.82, 2.24) is 4.90 Å². The van der Waals surface area contributed by atoms with Crippen molar-refractivity contribution in [3.8, 4) is 0 Å². The van der Waals surface area contributed by atoms with Crippen molar-refractivity contribution in [3.63, 3.8) is 0 Å². The molecule has 1 fully saturated rings. The van der Waals surface area contributed by atoms with Gasteiger partial charge in [-0.15, -0.1) is 0 Å². The molecule has 0 aliphatic carbocycles. The molecule has 0 aromatic heterocycles. The van der Waals surface area contributed by atoms with Crippen molar-refractivity contribution >= 4 is 0 Å². The van der Waals surface area contributed by atoms with Crippen LogP contribution in [0.5, 0.6) is 0 Å². The van der Waals surface area contributed by atoms with Gasteiger partial charge >= 0.3 is 0 Å². The van der Waals surface area contributed by atoms with Crippen molar-refractivity contribution in [2.75, 3.05) is 40.5 Å². The lowest BCUT2D eigenvalue weighted by molar-refractivity contribution is -0.0145. The molecule has 0 spiro atoms. The third-order valence-electron chi connectivity index (χ3n) is 2.67. The molecule has 1 rings (SSSR count). The first-order chi connectivity index (χ1) is 7.22. The number of aliphatic hydroxyl groups excluding tert-OH is 1. The van der Waals surface area contributed by atoms with Gasteiger partial charge in [0, 0.05) is 26.8 Å². The molecule has 0 amide bonds. The number of aliphatic hydroxyl groups is 1. The van der Waals surface area contributed by atoms with Gasteiger partial charge in [0.1, 0.15) is 0 Å². The Bertz CT molecular complexity index is 160. The molecule has 0 radical (unpaired) electrons. The van der Waals surface area contributed by atoms with Gasteiger partial charge in [-0.05, 0) is 26.3 Å². The Labute approximate surface area is 92.2 Å². The summed E-state index contributed by atoms with van der Waals surface area (Å²) in [5.74, 6) is 0. The highest BCUT2D eigenvalue weighted by Gasteiger charge is 2.17. The Balaban J connectivity index is 2.13. The highest BCUT2D eigenvalue weighted by atomic mass is 16.5. The van der Waals surface area contributed by atoms with Crippen LogP contribution in [-0.2, 0) is 9.47 Å². The molecule has 90 valence electrons. The van der Waals surface area contributed by atoms with E-state index in [-0.39, 0.29) is 0 Å². The van der Waals surface area contributed by atoms with Gasteiger partial charge < -0.3 is 19.5 Å². The van der Waals surface area contributed by atoms with E-state index in [2.05, 4.69) is 4.90 Å². The van der Waals surface area contributed by atoms with E-state index in [1.165, 1.54) is 12.8 Å². The van der Waals surface area contributed by atoms with Gasteiger partial charge in [-0.3, -0.25) is 0 Å². The number of likely N-dealkylation sites (N-methyl/N-ethyl adjacent to an activating group) is 1. The van der Waals surface area contributed by atoms with Crippen LogP contribution >= 0.6 is 0 Å². The molecule has 1 N–H and O–H groups in total. The summed E-state index contributed by atoms with van der Waals surface area (Å²) in [6, 6.07) is 0. The van der Waals surface area contributed by atoms with Crippen molar-refractivity contribution in [3.05, 3.63) is 0 Å². The number of methoxy groups -OCH3 is 1. The maximum atomic E-state index is 9.54. The molecule has 2 unspecified atom stereocenters. The fourth-order valence-electron chi connectivity index (χ4n) is 1.98. The molecule has 2 atom stereocenters. The molecule has 0 aromatic rings. The van der Waals surface area contributed by atoms with Gasteiger partial charge in [-0.1, -0.05) is 0 Å². The van der Waals surface area contributed by atoms with E-state index >= 15 is 0 Å². The topological polar surface area (TPSA) is 41.9 Å². The van der Waals surface area contributed by atoms with Crippen LogP contribution in [0.4, 0.5) is 0 Å². The van der Waals surface area contributed by atoms with Crippen molar-refractivity contribution in [1.29, 1.82) is 0 Å². The third kappa shape index (κ3) is 5.47. The molecular weight excluding hydrogens is 194 g/mol. The predicted molar refractivity (Wildman–Crippen MR) is 59.0 cm³/mol. The van der Waals surface area contributed by atoms with Crippen molar-refractivity contribution in [2.24, 2.45) is 0 Å². The Morgan fingerprint density at radius 2 is 2.33 bits per heavy atom. The van der Waals surface area contributed by atoms with E-state index in [1.807, 2.05) is 7.05 Å². The maximum absolute atomic E-state index is 9.54. The standard InChI is InChI=1S/C11H23NO3/c1-12(7-10(13)9-14-2)8-11-5-3-4-6-15-11/h10-11,13H,3-9H2,1-2H3. The number of ether oxygens (including phenoxy) is 2. The molecule has 0 aromatic carbocycles. The molecule has 0 saturated carbocycles. The first kappa shape index (κ1) is 12.9. The molecular formula is C11H23NO3. The smallest absolute Gasteiger partial charge is 0.0899 e. The molecule has 0 bridgehead atoms. The quantitative estimate of drug-likeness (QED) is 0.703. The fourth-order valence-corrected chi connectivity index (χ4v) is 1.98. The van der Waals surface area contributed by atoms with E-state index in [0.717, 1.165) is 19.6 Å². The molecule has 4 nitrogen and oxygen atoms in total. The van der Waals surface area contributed by atoms with E-state index < -0.39 is 6.10 Å². The lowest BCUT2D eigenvalue weighted by atomic mass is 10.1. The Hall–Kier alpha value is -0.160. The van der Waals surface area contributed by atoms with E-state index in [1.54, 1.807) is 7.11 Å². The number of hydrogen-bond donors (Lipinski definition) is 1. The molecule has 1 aliphatic rings. The predicted octanol–water partition coefficient (Wildman–Crippen LogP) is 0.495. The number of nitrogens with zero attached hydrogens (tertiary/aromatic N) is 1. The van der Waals surface area contributed by atoms with Crippen LogP contribution in [0.3, 0.4) is 0 Å². The Morgan fingerprint density at radius 3 is 2.93 bits per heavy atom. The zero-order chi connectivity index (χ0) is 11.1. The van der Waals surface area contributed by atoms with Crippen LogP contribution in [0.25, 0.3) is 0 Å². The normalized spacial score (nSPS) is 24.4. The zero-order valence-electron chi connectivity index (χ0n) is 9.82. The fraction of sp³-hybridized carbons (Fsp3) is 1.00. The lowest BCUT2D eigenvalue weighted by Gasteiger charge is -2.28. The first-order valence-electron chi connectivity index (χ1n) is 5.69. The van der Waals surface area contributed by atoms with Crippen molar-refractivity contribution < 1.29 is 14.6 Å². The maximum Gasteiger partial charge on any atom is 0.0899 e. The SMILES string of the molecule is COCC(O)CN(C)CC1CCCCO1. The zero-order valence-corrected chi connectivity index (χ0v) is 9.82. The van der Waals surface area contributed by atoms with Gasteiger partial charge in [0.15, 0.2) is 0 Å². The Kier molecular flexibility index (Phi) is 6.17. The van der Waals surface area contributed by atoms with Crippen LogP contribution in [0.2, 0.25) is 0 Å². The second-order valence-corrected chi connectivity index (χ2v) is 4.32. The average Bonchev–Trinajstić information content (AvgIpc) is 2.19. The summed E-state index contributed by atoms with van der Waals surface area (Å²) >= 11 is 0. The largest absolute Gasteiger partial charge is 0.389 e. The van der Waals surface area contributed by atoms with Crippen LogP contribution in [0.1, 0.15) is 19.3 Å². The minimum Gasteiger partial charge on any atom is -0.389 e. The summed E-state index contributed by atoms with van der Waals surface area (Å²) < 4.78 is 10.5. The van der Waals surface area contributed by atoms with Gasteiger partial charge in [0.25, 0.3) is 0 Å². The van der Waals surface area contributed by atoms with E-state index in [4.69, 9.17) is 9.47 Å². The highest BCUT2D eigenvalue weighted by molar-refractivity contribution is 4.69. The molecule has 1 heterocycles. The second-order valence-electron chi connectivity index (χ2n) is 4.32. The summed E-state index contributed by atoms with van der Waals surface area (Å²) in [4.78, 5) is 2.11.